The van der Waals surface area contributed by atoms with Gasteiger partial charge in [0.25, 0.3) is 0 Å². The molecular weight excluding hydrogens is 290 g/mol. The van der Waals surface area contributed by atoms with Crippen molar-refractivity contribution in [2.24, 2.45) is 0 Å². The van der Waals surface area contributed by atoms with Gasteiger partial charge in [-0.1, -0.05) is 41.9 Å². The molecule has 21 heavy (non-hydrogen) atoms. The molecule has 5 nitrogen and oxygen atoms in total. The predicted molar refractivity (Wildman–Crippen MR) is 79.8 cm³/mol. The fourth-order valence-electron chi connectivity index (χ4n) is 2.27. The van der Waals surface area contributed by atoms with Crippen molar-refractivity contribution >= 4 is 28.6 Å². The molecule has 0 aliphatic heterocycles. The van der Waals surface area contributed by atoms with Crippen LogP contribution >= 0.6 is 11.6 Å². The molecule has 0 aliphatic rings. The molecule has 106 valence electrons. The van der Waals surface area contributed by atoms with Crippen molar-refractivity contribution in [3.05, 3.63) is 58.9 Å². The Morgan fingerprint density at radius 3 is 2.67 bits per heavy atom. The minimum Gasteiger partial charge on any atom is -0.478 e. The summed E-state index contributed by atoms with van der Waals surface area (Å²) in [5.74, 6) is -1.10. The van der Waals surface area contributed by atoms with E-state index in [1.807, 2.05) is 37.3 Å². The van der Waals surface area contributed by atoms with E-state index in [2.05, 4.69) is 10.1 Å². The fourth-order valence-corrected chi connectivity index (χ4v) is 2.53. The Morgan fingerprint density at radius 1 is 1.29 bits per heavy atom. The summed E-state index contributed by atoms with van der Waals surface area (Å²) in [4.78, 5) is 15.3. The number of hydrogen-bond acceptors (Lipinski definition) is 3. The van der Waals surface area contributed by atoms with Crippen molar-refractivity contribution in [2.75, 3.05) is 0 Å². The molecule has 3 aromatic rings. The van der Waals surface area contributed by atoms with Crippen molar-refractivity contribution in [1.82, 2.24) is 14.8 Å². The standard InChI is InChI=1S/C15H12ClN3O2/c1-9(10-5-3-2-4-6-10)19-14-11(8-18-19)13(16)12(7-17-14)15(20)21/h2-9H,1H3,(H,20,21). The zero-order valence-corrected chi connectivity index (χ0v) is 11.9. The molecule has 1 unspecified atom stereocenters. The lowest BCUT2D eigenvalue weighted by Gasteiger charge is -2.13. The van der Waals surface area contributed by atoms with Crippen LogP contribution in [0.4, 0.5) is 0 Å². The summed E-state index contributed by atoms with van der Waals surface area (Å²) in [5.41, 5.74) is 1.64. The van der Waals surface area contributed by atoms with E-state index in [4.69, 9.17) is 16.7 Å². The number of aromatic nitrogens is 3. The molecule has 1 N–H and O–H groups in total. The maximum absolute atomic E-state index is 11.1. The molecule has 1 atom stereocenters. The van der Waals surface area contributed by atoms with Gasteiger partial charge in [0.2, 0.25) is 0 Å². The van der Waals surface area contributed by atoms with Gasteiger partial charge in [0.05, 0.1) is 28.2 Å². The van der Waals surface area contributed by atoms with E-state index in [1.54, 1.807) is 10.9 Å². The van der Waals surface area contributed by atoms with Crippen LogP contribution in [0.3, 0.4) is 0 Å². The number of fused-ring (bicyclic) bond motifs is 1. The van der Waals surface area contributed by atoms with E-state index in [0.717, 1.165) is 5.56 Å². The summed E-state index contributed by atoms with van der Waals surface area (Å²) in [6.07, 6.45) is 2.82. The molecule has 0 saturated carbocycles. The van der Waals surface area contributed by atoms with Gasteiger partial charge in [0, 0.05) is 6.20 Å². The van der Waals surface area contributed by atoms with Crippen LogP contribution in [0.15, 0.2) is 42.7 Å². The number of carbonyl (C=O) groups is 1. The van der Waals surface area contributed by atoms with Crippen LogP contribution in [0.25, 0.3) is 11.0 Å². The maximum atomic E-state index is 11.1. The van der Waals surface area contributed by atoms with Gasteiger partial charge in [0.15, 0.2) is 5.65 Å². The lowest BCUT2D eigenvalue weighted by molar-refractivity contribution is 0.0697. The van der Waals surface area contributed by atoms with Gasteiger partial charge in [-0.05, 0) is 12.5 Å². The molecule has 3 rings (SSSR count). The third-order valence-electron chi connectivity index (χ3n) is 3.44. The SMILES string of the molecule is CC(c1ccccc1)n1ncc2c(Cl)c(C(=O)O)cnc21. The number of hydrogen-bond donors (Lipinski definition) is 1. The Morgan fingerprint density at radius 2 is 2.00 bits per heavy atom. The lowest BCUT2D eigenvalue weighted by atomic mass is 10.1. The van der Waals surface area contributed by atoms with Gasteiger partial charge in [-0.2, -0.15) is 5.10 Å². The third kappa shape index (κ3) is 2.25. The van der Waals surface area contributed by atoms with Crippen LogP contribution in [0.2, 0.25) is 5.02 Å². The summed E-state index contributed by atoms with van der Waals surface area (Å²) < 4.78 is 1.74. The van der Waals surface area contributed by atoms with E-state index in [1.165, 1.54) is 6.20 Å². The van der Waals surface area contributed by atoms with E-state index in [9.17, 15) is 4.79 Å². The van der Waals surface area contributed by atoms with Crippen molar-refractivity contribution in [2.45, 2.75) is 13.0 Å². The summed E-state index contributed by atoms with van der Waals surface area (Å²) >= 11 is 6.13. The quantitative estimate of drug-likeness (QED) is 0.805. The molecule has 0 fully saturated rings. The van der Waals surface area contributed by atoms with E-state index < -0.39 is 5.97 Å². The molecule has 1 aromatic carbocycles. The van der Waals surface area contributed by atoms with Gasteiger partial charge in [-0.15, -0.1) is 0 Å². The molecule has 2 aromatic heterocycles. The average Bonchev–Trinajstić information content (AvgIpc) is 2.92. The highest BCUT2D eigenvalue weighted by Gasteiger charge is 2.18. The second-order valence-electron chi connectivity index (χ2n) is 4.70. The zero-order chi connectivity index (χ0) is 15.0. The van der Waals surface area contributed by atoms with Gasteiger partial charge < -0.3 is 5.11 Å². The average molecular weight is 302 g/mol. The van der Waals surface area contributed by atoms with Crippen LogP contribution in [0.1, 0.15) is 28.9 Å². The summed E-state index contributed by atoms with van der Waals surface area (Å²) in [5, 5.41) is 14.1. The van der Waals surface area contributed by atoms with E-state index >= 15 is 0 Å². The minimum absolute atomic E-state index is 0.0175. The summed E-state index contributed by atoms with van der Waals surface area (Å²) in [6.45, 7) is 2.00. The van der Waals surface area contributed by atoms with Gasteiger partial charge in [0.1, 0.15) is 0 Å². The minimum atomic E-state index is -1.10. The van der Waals surface area contributed by atoms with Crippen LogP contribution in [-0.4, -0.2) is 25.8 Å². The number of carboxylic acids is 1. The maximum Gasteiger partial charge on any atom is 0.338 e. The van der Waals surface area contributed by atoms with Crippen molar-refractivity contribution in [3.63, 3.8) is 0 Å². The second kappa shape index (κ2) is 5.18. The van der Waals surface area contributed by atoms with Gasteiger partial charge >= 0.3 is 5.97 Å². The first kappa shape index (κ1) is 13.6. The Hall–Kier alpha value is -2.40. The van der Waals surface area contributed by atoms with E-state index in [-0.39, 0.29) is 16.6 Å². The number of benzene rings is 1. The highest BCUT2D eigenvalue weighted by Crippen LogP contribution is 2.28. The molecule has 2 heterocycles. The highest BCUT2D eigenvalue weighted by atomic mass is 35.5. The Labute approximate surface area is 125 Å². The zero-order valence-electron chi connectivity index (χ0n) is 11.2. The fraction of sp³-hybridized carbons (Fsp3) is 0.133. The molecule has 0 aliphatic carbocycles. The van der Waals surface area contributed by atoms with Crippen LogP contribution in [-0.2, 0) is 0 Å². The predicted octanol–water partition coefficient (Wildman–Crippen LogP) is 3.39. The molecule has 6 heteroatoms. The van der Waals surface area contributed by atoms with Crippen LogP contribution in [0, 0.1) is 0 Å². The number of pyridine rings is 1. The molecular formula is C15H12ClN3O2. The summed E-state index contributed by atoms with van der Waals surface area (Å²) in [6, 6.07) is 9.85. The summed E-state index contributed by atoms with van der Waals surface area (Å²) in [7, 11) is 0. The lowest BCUT2D eigenvalue weighted by Crippen LogP contribution is -2.09. The second-order valence-corrected chi connectivity index (χ2v) is 5.08. The first-order valence-corrected chi connectivity index (χ1v) is 6.77. The third-order valence-corrected chi connectivity index (χ3v) is 3.84. The molecule has 0 saturated heterocycles. The van der Waals surface area contributed by atoms with Crippen molar-refractivity contribution in [3.8, 4) is 0 Å². The highest BCUT2D eigenvalue weighted by molar-refractivity contribution is 6.38. The first-order chi connectivity index (χ1) is 10.1. The van der Waals surface area contributed by atoms with Crippen molar-refractivity contribution in [1.29, 1.82) is 0 Å². The van der Waals surface area contributed by atoms with Crippen molar-refractivity contribution < 1.29 is 9.90 Å². The number of rotatable bonds is 3. The topological polar surface area (TPSA) is 68.0 Å². The Kier molecular flexibility index (Phi) is 3.35. The molecule has 0 radical (unpaired) electrons. The molecule has 0 bridgehead atoms. The largest absolute Gasteiger partial charge is 0.478 e. The van der Waals surface area contributed by atoms with Gasteiger partial charge in [-0.25, -0.2) is 14.5 Å². The number of carboxylic acid groups (broad SMARTS) is 1. The first-order valence-electron chi connectivity index (χ1n) is 6.39. The van der Waals surface area contributed by atoms with E-state index in [0.29, 0.717) is 11.0 Å². The molecule has 0 spiro atoms. The number of nitrogens with zero attached hydrogens (tertiary/aromatic N) is 3. The number of halogens is 1. The smallest absolute Gasteiger partial charge is 0.338 e. The monoisotopic (exact) mass is 301 g/mol. The van der Waals surface area contributed by atoms with Crippen LogP contribution < -0.4 is 0 Å². The van der Waals surface area contributed by atoms with Crippen LogP contribution in [0.5, 0.6) is 0 Å². The van der Waals surface area contributed by atoms with Gasteiger partial charge in [-0.3, -0.25) is 0 Å². The Balaban J connectivity index is 2.13. The molecule has 0 amide bonds. The number of aromatic carboxylic acids is 1. The Bertz CT molecular complexity index is 814. The normalized spacial score (nSPS) is 12.5.